The third-order valence-electron chi connectivity index (χ3n) is 16.7. The highest BCUT2D eigenvalue weighted by Crippen LogP contribution is 2.51. The van der Waals surface area contributed by atoms with Gasteiger partial charge in [0, 0.05) is 130 Å². The van der Waals surface area contributed by atoms with Gasteiger partial charge in [0.15, 0.2) is 17.5 Å². The maximum Gasteiger partial charge on any atom is 0.480 e. The van der Waals surface area contributed by atoms with Crippen molar-refractivity contribution in [2.45, 2.75) is 59.7 Å². The molecule has 6 amide bonds. The molecule has 9 aromatic rings. The number of hydrogen-bond donors (Lipinski definition) is 3. The van der Waals surface area contributed by atoms with E-state index in [-0.39, 0.29) is 93.7 Å². The first kappa shape index (κ1) is 64.4. The summed E-state index contributed by atoms with van der Waals surface area (Å²) < 4.78 is 51.8. The molecule has 3 aliphatic heterocycles. The molecular formula is C69H69N12O13P. The molecular weight excluding hydrogens is 1240 g/mol. The molecule has 26 heteroatoms. The molecule has 9 heterocycles. The van der Waals surface area contributed by atoms with E-state index in [9.17, 15) is 28.8 Å². The molecule has 488 valence electrons. The number of amides is 6. The summed E-state index contributed by atoms with van der Waals surface area (Å²) in [6.07, 6.45) is 13.2. The van der Waals surface area contributed by atoms with Crippen LogP contribution in [0.3, 0.4) is 0 Å². The fourth-order valence-electron chi connectivity index (χ4n) is 11.2. The quantitative estimate of drug-likeness (QED) is 0.0445. The molecule has 0 aliphatic carbocycles. The molecule has 3 aromatic carbocycles. The Balaban J connectivity index is 0.770. The lowest BCUT2D eigenvalue weighted by Gasteiger charge is -2.28. The van der Waals surface area contributed by atoms with Crippen LogP contribution >= 0.6 is 7.82 Å². The summed E-state index contributed by atoms with van der Waals surface area (Å²) in [7, 11) is -0.00662. The number of likely N-dealkylation sites (N-methyl/N-ethyl adjacent to an activating group) is 3. The number of phosphoric ester groups is 1. The highest BCUT2D eigenvalue weighted by molar-refractivity contribution is 7.48. The fourth-order valence-corrected chi connectivity index (χ4v) is 12.2. The molecule has 12 rings (SSSR count). The molecule has 0 saturated heterocycles. The summed E-state index contributed by atoms with van der Waals surface area (Å²) in [5.74, 6) is -0.0552. The Hall–Kier alpha value is -10.7. The number of aromatic nitrogens is 3. The molecule has 0 bridgehead atoms. The average molecular weight is 1310 g/mol. The number of nitrogens with one attached hydrogen (secondary N) is 3. The van der Waals surface area contributed by atoms with Crippen LogP contribution < -0.4 is 30.7 Å². The first-order valence-corrected chi connectivity index (χ1v) is 32.2. The Kier molecular flexibility index (Phi) is 18.9. The van der Waals surface area contributed by atoms with Gasteiger partial charge in [-0.3, -0.25) is 57.0 Å². The highest BCUT2D eigenvalue weighted by atomic mass is 31.2. The minimum Gasteiger partial charge on any atom is -0.459 e. The summed E-state index contributed by atoms with van der Waals surface area (Å²) in [6.45, 7) is 4.82. The number of carbonyl (C=O) groups is 6. The van der Waals surface area contributed by atoms with Gasteiger partial charge >= 0.3 is 7.82 Å². The first-order chi connectivity index (χ1) is 45.9. The maximum atomic E-state index is 15.4. The zero-order valence-electron chi connectivity index (χ0n) is 53.1. The Labute approximate surface area is 546 Å². The van der Waals surface area contributed by atoms with Crippen LogP contribution in [0.15, 0.2) is 141 Å². The number of nitrogens with zero attached hydrogens (tertiary/aromatic N) is 9. The van der Waals surface area contributed by atoms with Crippen LogP contribution in [0.25, 0.3) is 51.1 Å². The van der Waals surface area contributed by atoms with Crippen molar-refractivity contribution in [1.29, 1.82) is 0 Å². The minimum absolute atomic E-state index is 0.0503. The van der Waals surface area contributed by atoms with Crippen LogP contribution in [-0.4, -0.2) is 126 Å². The molecule has 6 aromatic heterocycles. The van der Waals surface area contributed by atoms with Gasteiger partial charge in [-0.05, 0) is 92.1 Å². The first-order valence-electron chi connectivity index (χ1n) is 30.7. The second-order valence-electron chi connectivity index (χ2n) is 23.2. The summed E-state index contributed by atoms with van der Waals surface area (Å²) in [5, 5.41) is 12.6. The number of furan rings is 3. The van der Waals surface area contributed by atoms with Gasteiger partial charge in [-0.2, -0.15) is 0 Å². The van der Waals surface area contributed by atoms with Gasteiger partial charge in [-0.25, -0.2) is 19.5 Å². The molecule has 0 radical (unpaired) electrons. The van der Waals surface area contributed by atoms with Crippen molar-refractivity contribution in [3.8, 4) is 0 Å². The summed E-state index contributed by atoms with van der Waals surface area (Å²) in [4.78, 5) is 104. The molecule has 0 unspecified atom stereocenters. The topological polar surface area (TPSA) is 281 Å². The Morgan fingerprint density at radius 2 is 0.768 bits per heavy atom. The van der Waals surface area contributed by atoms with E-state index >= 15 is 4.57 Å². The second kappa shape index (κ2) is 27.9. The summed E-state index contributed by atoms with van der Waals surface area (Å²) in [5.41, 5.74) is 7.75. The van der Waals surface area contributed by atoms with Crippen molar-refractivity contribution in [2.24, 2.45) is 0 Å². The number of carbonyl (C=O) groups excluding carboxylic acids is 6. The largest absolute Gasteiger partial charge is 0.480 e. The van der Waals surface area contributed by atoms with Crippen molar-refractivity contribution in [3.63, 3.8) is 0 Å². The maximum absolute atomic E-state index is 15.4. The van der Waals surface area contributed by atoms with Crippen LogP contribution in [0.4, 0.5) is 34.5 Å². The predicted molar refractivity (Wildman–Crippen MR) is 359 cm³/mol. The lowest BCUT2D eigenvalue weighted by molar-refractivity contribution is -0.126. The van der Waals surface area contributed by atoms with E-state index in [0.717, 1.165) is 64.3 Å². The fraction of sp³-hybridized carbons (Fsp3) is 0.261. The van der Waals surface area contributed by atoms with Crippen LogP contribution in [0, 0.1) is 20.8 Å². The van der Waals surface area contributed by atoms with Gasteiger partial charge < -0.3 is 43.9 Å². The van der Waals surface area contributed by atoms with Crippen molar-refractivity contribution in [1.82, 2.24) is 29.7 Å². The average Bonchev–Trinajstić information content (AvgIpc) is 1.85. The summed E-state index contributed by atoms with van der Waals surface area (Å²) in [6, 6.07) is 28.1. The minimum atomic E-state index is -5.02. The zero-order chi connectivity index (χ0) is 66.5. The molecule has 25 nitrogen and oxygen atoms in total. The van der Waals surface area contributed by atoms with Gasteiger partial charge in [0.2, 0.25) is 35.4 Å². The normalized spacial score (nSPS) is 14.4. The van der Waals surface area contributed by atoms with Gasteiger partial charge in [0.1, 0.15) is 54.2 Å². The number of phosphoric acid groups is 1. The number of rotatable bonds is 21. The van der Waals surface area contributed by atoms with Crippen LogP contribution in [-0.2, 0) is 66.5 Å². The van der Waals surface area contributed by atoms with Crippen LogP contribution in [0.5, 0.6) is 0 Å². The number of hydrogen-bond acceptors (Lipinski definition) is 19. The van der Waals surface area contributed by atoms with Crippen molar-refractivity contribution >= 4 is 129 Å². The van der Waals surface area contributed by atoms with Crippen LogP contribution in [0.2, 0.25) is 0 Å². The molecule has 3 N–H and O–H groups in total. The van der Waals surface area contributed by atoms with Gasteiger partial charge in [0.05, 0.1) is 36.7 Å². The van der Waals surface area contributed by atoms with Gasteiger partial charge in [0.25, 0.3) is 0 Å². The standard InChI is InChI=1S/C69H69N12O13P/c1-43-49-13-7-10-16-55(49)92-58(43)37-76(4)61(82)22-19-46-31-52-67(73-34-46)79(64(85)25-28-70-52)40-89-95(88,90-41-80-65(86)26-29-71-53-32-47(35-74-68(53)80)20-23-62(83)77(5)38-59-44(2)50-14-8-11-17-56(50)93-59)91-42-81-66(87)27-30-72-54-33-48(36-75-69(54)81)21-24-63(84)78(6)39-60-45(3)51-15-9-12-18-57(51)94-60/h7-24,31-36,70-72H,25-30,37-42H2,1-6H3/b22-19+,23-20+,24-21+. The van der Waals surface area contributed by atoms with E-state index in [0.29, 0.717) is 51.0 Å². The second-order valence-corrected chi connectivity index (χ2v) is 24.8. The summed E-state index contributed by atoms with van der Waals surface area (Å²) >= 11 is 0. The van der Waals surface area contributed by atoms with E-state index < -0.39 is 45.7 Å². The number of fused-ring (bicyclic) bond motifs is 6. The zero-order valence-corrected chi connectivity index (χ0v) is 54.0. The molecule has 3 aliphatic rings. The number of para-hydroxylation sites is 3. The van der Waals surface area contributed by atoms with E-state index in [4.69, 9.17) is 26.8 Å². The molecule has 0 saturated carbocycles. The molecule has 0 atom stereocenters. The monoisotopic (exact) mass is 1300 g/mol. The third-order valence-corrected chi connectivity index (χ3v) is 18.0. The van der Waals surface area contributed by atoms with E-state index in [1.54, 1.807) is 57.6 Å². The lowest BCUT2D eigenvalue weighted by Crippen LogP contribution is -2.36. The van der Waals surface area contributed by atoms with E-state index in [1.165, 1.54) is 51.5 Å². The lowest BCUT2D eigenvalue weighted by atomic mass is 10.1. The van der Waals surface area contributed by atoms with Crippen molar-refractivity contribution in [2.75, 3.05) is 91.6 Å². The SMILES string of the molecule is Cc1c(CN(C)C(=O)/C=C/c2cnc3c(c2)NCCC(=O)N3COP(=O)(OCN2C(=O)CCNc3cc(/C=C/C(=O)N(C)Cc4oc5ccccc5c4C)cnc32)OCN2C(=O)CCNc3cc(/C=C/C(=O)N(C)Cc4oc5ccccc5c4C)cnc32)oc2ccccc12. The Morgan fingerprint density at radius 1 is 0.484 bits per heavy atom. The smallest absolute Gasteiger partial charge is 0.459 e. The van der Waals surface area contributed by atoms with Crippen LogP contribution in [0.1, 0.15) is 69.9 Å². The van der Waals surface area contributed by atoms with Gasteiger partial charge in [-0.15, -0.1) is 0 Å². The van der Waals surface area contributed by atoms with Crippen molar-refractivity contribution < 1.29 is 60.2 Å². The van der Waals surface area contributed by atoms with E-state index in [2.05, 4.69) is 30.9 Å². The Morgan fingerprint density at radius 3 is 1.05 bits per heavy atom. The van der Waals surface area contributed by atoms with E-state index in [1.807, 2.05) is 93.6 Å². The number of benzene rings is 3. The molecule has 95 heavy (non-hydrogen) atoms. The van der Waals surface area contributed by atoms with Gasteiger partial charge in [-0.1, -0.05) is 54.6 Å². The molecule has 0 spiro atoms. The van der Waals surface area contributed by atoms with Crippen molar-refractivity contribution in [3.05, 3.63) is 178 Å². The highest BCUT2D eigenvalue weighted by Gasteiger charge is 2.37. The third kappa shape index (κ3) is 14.3. The Bertz CT molecular complexity index is 4170. The number of aryl methyl sites for hydroxylation is 3. The number of anilines is 6. The number of pyridine rings is 3. The molecule has 0 fully saturated rings. The predicted octanol–water partition coefficient (Wildman–Crippen LogP) is 10.9.